The highest BCUT2D eigenvalue weighted by Gasteiger charge is 2.26. The normalized spacial score (nSPS) is 11.9. The molecule has 0 aliphatic rings. The van der Waals surface area contributed by atoms with Crippen LogP contribution in [0.3, 0.4) is 0 Å². The summed E-state index contributed by atoms with van der Waals surface area (Å²) in [5, 5.41) is 21.1. The van der Waals surface area contributed by atoms with Crippen molar-refractivity contribution in [1.29, 1.82) is 0 Å². The lowest BCUT2D eigenvalue weighted by atomic mass is 10.0. The summed E-state index contributed by atoms with van der Waals surface area (Å²) >= 11 is 0. The van der Waals surface area contributed by atoms with Crippen molar-refractivity contribution in [2.24, 2.45) is 0 Å². The monoisotopic (exact) mass is 540 g/mol. The van der Waals surface area contributed by atoms with Crippen molar-refractivity contribution in [3.05, 3.63) is 95.6 Å². The van der Waals surface area contributed by atoms with E-state index in [0.29, 0.717) is 18.5 Å². The molecule has 3 aromatic carbocycles. The molecule has 0 unspecified atom stereocenters. The number of amides is 1. The molecule has 0 saturated heterocycles. The Hall–Kier alpha value is -4.22. The zero-order valence-corrected chi connectivity index (χ0v) is 21.2. The van der Waals surface area contributed by atoms with Crippen molar-refractivity contribution < 1.29 is 37.8 Å². The number of benzene rings is 3. The highest BCUT2D eigenvalue weighted by Crippen LogP contribution is 2.22. The minimum Gasteiger partial charge on any atom is -0.481 e. The van der Waals surface area contributed by atoms with Crippen molar-refractivity contribution in [2.45, 2.75) is 30.2 Å². The van der Waals surface area contributed by atoms with Gasteiger partial charge in [0, 0.05) is 6.54 Å². The largest absolute Gasteiger partial charge is 0.481 e. The van der Waals surface area contributed by atoms with Crippen LogP contribution in [0.5, 0.6) is 5.75 Å². The third-order valence-corrected chi connectivity index (χ3v) is 7.00. The molecule has 1 amide bonds. The number of nitrogens with one attached hydrogen (secondary N) is 2. The summed E-state index contributed by atoms with van der Waals surface area (Å²) in [4.78, 5) is 35.6. The first-order chi connectivity index (χ1) is 18.2. The van der Waals surface area contributed by atoms with Crippen LogP contribution in [0.25, 0.3) is 0 Å². The topological polar surface area (TPSA) is 159 Å². The van der Waals surface area contributed by atoms with Gasteiger partial charge in [-0.15, -0.1) is 0 Å². The van der Waals surface area contributed by atoms with Crippen LogP contribution in [0.1, 0.15) is 27.9 Å². The highest BCUT2D eigenvalue weighted by atomic mass is 32.2. The summed E-state index contributed by atoms with van der Waals surface area (Å²) in [6, 6.07) is 20.0. The van der Waals surface area contributed by atoms with Gasteiger partial charge < -0.3 is 20.3 Å². The molecule has 38 heavy (non-hydrogen) atoms. The second-order valence-corrected chi connectivity index (χ2v) is 10.1. The molecule has 0 saturated carbocycles. The maximum Gasteiger partial charge on any atom is 0.341 e. The summed E-state index contributed by atoms with van der Waals surface area (Å²) < 4.78 is 33.4. The molecule has 0 aliphatic carbocycles. The van der Waals surface area contributed by atoms with Gasteiger partial charge in [0.25, 0.3) is 0 Å². The van der Waals surface area contributed by atoms with Gasteiger partial charge in [-0.05, 0) is 54.7 Å². The average molecular weight is 541 g/mol. The van der Waals surface area contributed by atoms with Crippen molar-refractivity contribution in [2.75, 3.05) is 13.2 Å². The van der Waals surface area contributed by atoms with Gasteiger partial charge >= 0.3 is 11.9 Å². The van der Waals surface area contributed by atoms with Crippen molar-refractivity contribution in [3.63, 3.8) is 0 Å². The minimum absolute atomic E-state index is 0.0227. The van der Waals surface area contributed by atoms with Crippen LogP contribution in [-0.2, 0) is 32.5 Å². The fourth-order valence-electron chi connectivity index (χ4n) is 3.69. The first-order valence-electron chi connectivity index (χ1n) is 11.8. The molecular weight excluding hydrogens is 512 g/mol. The van der Waals surface area contributed by atoms with Crippen molar-refractivity contribution >= 4 is 27.9 Å². The summed E-state index contributed by atoms with van der Waals surface area (Å²) in [5.41, 5.74) is 1.14. The molecule has 11 heteroatoms. The molecule has 0 fully saturated rings. The van der Waals surface area contributed by atoms with E-state index in [9.17, 15) is 27.9 Å². The van der Waals surface area contributed by atoms with Gasteiger partial charge in [-0.1, -0.05) is 54.6 Å². The molecule has 0 bridgehead atoms. The molecular formula is C27H28N2O8S. The lowest BCUT2D eigenvalue weighted by Gasteiger charge is -2.19. The summed E-state index contributed by atoms with van der Waals surface area (Å²) in [5.74, 6) is -3.36. The van der Waals surface area contributed by atoms with E-state index < -0.39 is 40.5 Å². The average Bonchev–Trinajstić information content (AvgIpc) is 2.90. The van der Waals surface area contributed by atoms with Crippen LogP contribution < -0.4 is 14.8 Å². The number of rotatable bonds is 14. The molecule has 3 aromatic rings. The Kier molecular flexibility index (Phi) is 9.97. The lowest BCUT2D eigenvalue weighted by molar-refractivity contribution is -0.139. The van der Waals surface area contributed by atoms with E-state index in [-0.39, 0.29) is 22.6 Å². The zero-order chi connectivity index (χ0) is 27.5. The van der Waals surface area contributed by atoms with E-state index in [1.165, 1.54) is 30.3 Å². The van der Waals surface area contributed by atoms with Crippen LogP contribution in [0, 0.1) is 0 Å². The van der Waals surface area contributed by atoms with Gasteiger partial charge in [-0.2, -0.15) is 4.72 Å². The smallest absolute Gasteiger partial charge is 0.341 e. The molecule has 1 atom stereocenters. The second-order valence-electron chi connectivity index (χ2n) is 8.39. The lowest BCUT2D eigenvalue weighted by Crippen LogP contribution is -2.48. The van der Waals surface area contributed by atoms with E-state index >= 15 is 0 Å². The van der Waals surface area contributed by atoms with Crippen LogP contribution in [0.2, 0.25) is 0 Å². The third kappa shape index (κ3) is 8.43. The first-order valence-corrected chi connectivity index (χ1v) is 13.2. The quantitative estimate of drug-likeness (QED) is 0.227. The number of carboxylic acids is 2. The standard InChI is InChI=1S/C27H28N2O8S/c30-25(31)18-37-24-14-13-20(16-22(24)27(33)34)17-23(29-38(35,36)21-11-5-2-6-12-21)26(32)28-15-7-10-19-8-3-1-4-9-19/h1-6,8-9,11-14,16,23,29H,7,10,15,17-18H2,(H,28,32)(H,30,31)(H,33,34)/t23-/m0/s1. The Morgan fingerprint density at radius 1 is 0.868 bits per heavy atom. The molecule has 200 valence electrons. The number of aryl methyl sites for hydroxylation is 1. The number of hydrogen-bond acceptors (Lipinski definition) is 6. The molecule has 10 nitrogen and oxygen atoms in total. The maximum absolute atomic E-state index is 13.1. The molecule has 0 aliphatic heterocycles. The first kappa shape index (κ1) is 28.4. The van der Waals surface area contributed by atoms with Crippen LogP contribution in [0.15, 0.2) is 83.8 Å². The van der Waals surface area contributed by atoms with E-state index in [1.807, 2.05) is 30.3 Å². The minimum atomic E-state index is -4.07. The number of ether oxygens (including phenoxy) is 1. The molecule has 4 N–H and O–H groups in total. The fraction of sp³-hybridized carbons (Fsp3) is 0.222. The van der Waals surface area contributed by atoms with Crippen LogP contribution >= 0.6 is 0 Å². The zero-order valence-electron chi connectivity index (χ0n) is 20.4. The van der Waals surface area contributed by atoms with Crippen LogP contribution in [0.4, 0.5) is 0 Å². The van der Waals surface area contributed by atoms with E-state index in [0.717, 1.165) is 12.0 Å². The Labute approximate surface area is 220 Å². The maximum atomic E-state index is 13.1. The van der Waals surface area contributed by atoms with E-state index in [4.69, 9.17) is 9.84 Å². The summed E-state index contributed by atoms with van der Waals surface area (Å²) in [7, 11) is -4.07. The predicted molar refractivity (Wildman–Crippen MR) is 139 cm³/mol. The molecule has 0 radical (unpaired) electrons. The number of aromatic carboxylic acids is 1. The second kappa shape index (κ2) is 13.4. The fourth-order valence-corrected chi connectivity index (χ4v) is 4.90. The highest BCUT2D eigenvalue weighted by molar-refractivity contribution is 7.89. The van der Waals surface area contributed by atoms with Gasteiger partial charge in [0.2, 0.25) is 15.9 Å². The summed E-state index contributed by atoms with van der Waals surface area (Å²) in [6.45, 7) is -0.426. The number of carbonyl (C=O) groups is 3. The number of carboxylic acid groups (broad SMARTS) is 2. The SMILES string of the molecule is O=C(O)COc1ccc(C[C@H](NS(=O)(=O)c2ccccc2)C(=O)NCCCc2ccccc2)cc1C(=O)O. The van der Waals surface area contributed by atoms with Gasteiger partial charge in [0.15, 0.2) is 6.61 Å². The number of hydrogen-bond donors (Lipinski definition) is 4. The number of sulfonamides is 1. The molecule has 0 heterocycles. The van der Waals surface area contributed by atoms with Crippen LogP contribution in [-0.4, -0.2) is 55.7 Å². The Balaban J connectivity index is 1.78. The Morgan fingerprint density at radius 3 is 2.16 bits per heavy atom. The van der Waals surface area contributed by atoms with Gasteiger partial charge in [0.1, 0.15) is 17.4 Å². The summed E-state index contributed by atoms with van der Waals surface area (Å²) in [6.07, 6.45) is 1.20. The van der Waals surface area contributed by atoms with Gasteiger partial charge in [-0.3, -0.25) is 4.79 Å². The Morgan fingerprint density at radius 2 is 1.53 bits per heavy atom. The predicted octanol–water partition coefficient (Wildman–Crippen LogP) is 2.49. The molecule has 3 rings (SSSR count). The third-order valence-electron chi connectivity index (χ3n) is 5.52. The number of aliphatic carboxylic acids is 1. The van der Waals surface area contributed by atoms with Gasteiger partial charge in [-0.25, -0.2) is 18.0 Å². The van der Waals surface area contributed by atoms with Crippen molar-refractivity contribution in [1.82, 2.24) is 10.0 Å². The van der Waals surface area contributed by atoms with E-state index in [2.05, 4.69) is 10.0 Å². The van der Waals surface area contributed by atoms with Gasteiger partial charge in [0.05, 0.1) is 4.90 Å². The number of carbonyl (C=O) groups excluding carboxylic acids is 1. The van der Waals surface area contributed by atoms with E-state index in [1.54, 1.807) is 18.2 Å². The van der Waals surface area contributed by atoms with Crippen molar-refractivity contribution in [3.8, 4) is 5.75 Å². The molecule has 0 spiro atoms. The Bertz CT molecular complexity index is 1360. The molecule has 0 aromatic heterocycles.